The van der Waals surface area contributed by atoms with Gasteiger partial charge in [-0.3, -0.25) is 9.69 Å². The van der Waals surface area contributed by atoms with Crippen LogP contribution in [0.25, 0.3) is 0 Å². The van der Waals surface area contributed by atoms with E-state index >= 15 is 0 Å². The molecule has 0 spiro atoms. The molecule has 1 amide bonds. The van der Waals surface area contributed by atoms with E-state index in [-0.39, 0.29) is 24.5 Å². The van der Waals surface area contributed by atoms with Crippen LogP contribution in [0.1, 0.15) is 46.1 Å². The highest BCUT2D eigenvalue weighted by molar-refractivity contribution is 5.82. The molecular formula is C19H28F2N2O. The van der Waals surface area contributed by atoms with Gasteiger partial charge in [0.05, 0.1) is 6.04 Å². The summed E-state index contributed by atoms with van der Waals surface area (Å²) >= 11 is 0. The van der Waals surface area contributed by atoms with Crippen LogP contribution in [-0.2, 0) is 11.3 Å². The maximum atomic E-state index is 14.0. The van der Waals surface area contributed by atoms with E-state index in [2.05, 4.69) is 33.0 Å². The summed E-state index contributed by atoms with van der Waals surface area (Å²) in [5.41, 5.74) is 0.307. The molecule has 1 aliphatic rings. The minimum absolute atomic E-state index is 0.00240. The fourth-order valence-electron chi connectivity index (χ4n) is 3.38. The summed E-state index contributed by atoms with van der Waals surface area (Å²) in [5.74, 6) is -0.0672. The van der Waals surface area contributed by atoms with Crippen molar-refractivity contribution in [1.29, 1.82) is 0 Å². The number of hydrogen-bond donors (Lipinski definition) is 1. The summed E-state index contributed by atoms with van der Waals surface area (Å²) in [4.78, 5) is 14.6. The average molecular weight is 338 g/mol. The van der Waals surface area contributed by atoms with Crippen molar-refractivity contribution in [1.82, 2.24) is 10.2 Å². The van der Waals surface area contributed by atoms with Crippen molar-refractivity contribution in [3.8, 4) is 0 Å². The Morgan fingerprint density at radius 1 is 1.17 bits per heavy atom. The average Bonchev–Trinajstić information content (AvgIpc) is 2.45. The van der Waals surface area contributed by atoms with E-state index in [1.54, 1.807) is 0 Å². The number of benzene rings is 1. The summed E-state index contributed by atoms with van der Waals surface area (Å²) in [6.45, 7) is 9.27. The van der Waals surface area contributed by atoms with Gasteiger partial charge in [-0.05, 0) is 42.9 Å². The van der Waals surface area contributed by atoms with Gasteiger partial charge >= 0.3 is 0 Å². The second-order valence-electron chi connectivity index (χ2n) is 7.65. The number of amides is 1. The van der Waals surface area contributed by atoms with Gasteiger partial charge in [-0.1, -0.05) is 27.7 Å². The first kappa shape index (κ1) is 18.8. The van der Waals surface area contributed by atoms with E-state index < -0.39 is 11.6 Å². The van der Waals surface area contributed by atoms with Gasteiger partial charge in [0, 0.05) is 24.7 Å². The fraction of sp³-hybridized carbons (Fsp3) is 0.632. The minimum atomic E-state index is -0.452. The molecule has 0 aliphatic carbocycles. The van der Waals surface area contributed by atoms with Crippen molar-refractivity contribution in [3.63, 3.8) is 0 Å². The highest BCUT2D eigenvalue weighted by Gasteiger charge is 2.35. The van der Waals surface area contributed by atoms with Crippen LogP contribution in [0.5, 0.6) is 0 Å². The maximum Gasteiger partial charge on any atom is 0.237 e. The summed E-state index contributed by atoms with van der Waals surface area (Å²) in [7, 11) is 0. The van der Waals surface area contributed by atoms with E-state index in [1.807, 2.05) is 4.90 Å². The van der Waals surface area contributed by atoms with Gasteiger partial charge in [-0.2, -0.15) is 0 Å². The van der Waals surface area contributed by atoms with Crippen LogP contribution < -0.4 is 5.32 Å². The zero-order chi connectivity index (χ0) is 17.9. The molecule has 0 bridgehead atoms. The summed E-state index contributed by atoms with van der Waals surface area (Å²) in [6.07, 6.45) is 1.58. The predicted octanol–water partition coefficient (Wildman–Crippen LogP) is 3.73. The van der Waals surface area contributed by atoms with Crippen molar-refractivity contribution in [2.75, 3.05) is 6.54 Å². The Kier molecular flexibility index (Phi) is 6.33. The van der Waals surface area contributed by atoms with Crippen molar-refractivity contribution in [3.05, 3.63) is 35.4 Å². The maximum absolute atomic E-state index is 14.0. The molecule has 1 saturated heterocycles. The Balaban J connectivity index is 2.21. The first-order valence-electron chi connectivity index (χ1n) is 8.74. The van der Waals surface area contributed by atoms with E-state index in [4.69, 9.17) is 0 Å². The van der Waals surface area contributed by atoms with Crippen LogP contribution in [0.3, 0.4) is 0 Å². The minimum Gasteiger partial charge on any atom is -0.351 e. The van der Waals surface area contributed by atoms with Crippen LogP contribution in [-0.4, -0.2) is 29.4 Å². The van der Waals surface area contributed by atoms with Gasteiger partial charge in [0.15, 0.2) is 0 Å². The third-order valence-electron chi connectivity index (χ3n) is 4.38. The number of nitrogens with one attached hydrogen (secondary N) is 1. The number of hydrogen-bond acceptors (Lipinski definition) is 2. The summed E-state index contributed by atoms with van der Waals surface area (Å²) < 4.78 is 27.5. The molecule has 1 heterocycles. The highest BCUT2D eigenvalue weighted by Crippen LogP contribution is 2.23. The number of carbonyl (C=O) groups excluding carboxylic acids is 1. The molecule has 0 unspecified atom stereocenters. The lowest BCUT2D eigenvalue weighted by Gasteiger charge is -2.40. The molecule has 5 heteroatoms. The normalized spacial score (nSPS) is 22.2. The van der Waals surface area contributed by atoms with E-state index in [9.17, 15) is 13.6 Å². The van der Waals surface area contributed by atoms with Gasteiger partial charge in [-0.25, -0.2) is 8.78 Å². The lowest BCUT2D eigenvalue weighted by molar-refractivity contribution is -0.132. The van der Waals surface area contributed by atoms with Crippen LogP contribution in [0, 0.1) is 23.5 Å². The Morgan fingerprint density at radius 2 is 1.83 bits per heavy atom. The molecule has 2 atom stereocenters. The van der Waals surface area contributed by atoms with Crippen molar-refractivity contribution < 1.29 is 13.6 Å². The number of carbonyl (C=O) groups is 1. The van der Waals surface area contributed by atoms with E-state index in [1.165, 1.54) is 6.07 Å². The first-order valence-corrected chi connectivity index (χ1v) is 8.74. The molecule has 2 rings (SSSR count). The molecule has 0 aromatic heterocycles. The Labute approximate surface area is 143 Å². The van der Waals surface area contributed by atoms with Gasteiger partial charge in [0.25, 0.3) is 0 Å². The predicted molar refractivity (Wildman–Crippen MR) is 91.4 cm³/mol. The molecule has 1 fully saturated rings. The van der Waals surface area contributed by atoms with Crippen LogP contribution >= 0.6 is 0 Å². The number of rotatable bonds is 6. The topological polar surface area (TPSA) is 32.3 Å². The zero-order valence-corrected chi connectivity index (χ0v) is 15.0. The van der Waals surface area contributed by atoms with Gasteiger partial charge in [0.1, 0.15) is 11.6 Å². The monoisotopic (exact) mass is 338 g/mol. The van der Waals surface area contributed by atoms with Crippen molar-refractivity contribution in [2.24, 2.45) is 11.8 Å². The second kappa shape index (κ2) is 8.06. The van der Waals surface area contributed by atoms with Gasteiger partial charge < -0.3 is 5.32 Å². The number of halogens is 2. The molecule has 1 aromatic rings. The molecule has 134 valence electrons. The fourth-order valence-corrected chi connectivity index (χ4v) is 3.38. The lowest BCUT2D eigenvalue weighted by atomic mass is 9.94. The lowest BCUT2D eigenvalue weighted by Crippen LogP contribution is -2.60. The number of piperazine rings is 1. The largest absolute Gasteiger partial charge is 0.351 e. The van der Waals surface area contributed by atoms with Crippen molar-refractivity contribution >= 4 is 5.91 Å². The molecule has 1 N–H and O–H groups in total. The Bertz CT molecular complexity index is 574. The van der Waals surface area contributed by atoms with Gasteiger partial charge in [-0.15, -0.1) is 0 Å². The first-order chi connectivity index (χ1) is 11.3. The third kappa shape index (κ3) is 5.00. The van der Waals surface area contributed by atoms with Gasteiger partial charge in [0.2, 0.25) is 5.91 Å². The third-order valence-corrected chi connectivity index (χ3v) is 4.38. The van der Waals surface area contributed by atoms with Crippen LogP contribution in [0.4, 0.5) is 8.78 Å². The van der Waals surface area contributed by atoms with Crippen molar-refractivity contribution in [2.45, 2.75) is 59.2 Å². The summed E-state index contributed by atoms with van der Waals surface area (Å²) in [5, 5.41) is 3.10. The number of nitrogens with zero attached hydrogens (tertiary/aromatic N) is 1. The second-order valence-corrected chi connectivity index (χ2v) is 7.65. The molecule has 0 saturated carbocycles. The molecular weight excluding hydrogens is 310 g/mol. The molecule has 1 aliphatic heterocycles. The molecule has 0 radical (unpaired) electrons. The Morgan fingerprint density at radius 3 is 2.46 bits per heavy atom. The molecule has 3 nitrogen and oxygen atoms in total. The Hall–Kier alpha value is -1.49. The van der Waals surface area contributed by atoms with Crippen LogP contribution in [0.15, 0.2) is 18.2 Å². The summed E-state index contributed by atoms with van der Waals surface area (Å²) in [6, 6.07) is 3.26. The smallest absolute Gasteiger partial charge is 0.237 e. The van der Waals surface area contributed by atoms with E-state index in [0.29, 0.717) is 30.4 Å². The standard InChI is InChI=1S/C19H28F2N2O/c1-12(2)7-16-11-23(18(8-13(3)4)19(24)22-16)10-14-9-15(20)5-6-17(14)21/h5-6,9,12-13,16,18H,7-8,10-11H2,1-4H3,(H,22,24)/t16-,18-/m0/s1. The zero-order valence-electron chi connectivity index (χ0n) is 15.0. The molecule has 1 aromatic carbocycles. The SMILES string of the molecule is CC(C)C[C@H]1CN(Cc2cc(F)ccc2F)[C@@H](CC(C)C)C(=O)N1. The van der Waals surface area contributed by atoms with Crippen LogP contribution in [0.2, 0.25) is 0 Å². The highest BCUT2D eigenvalue weighted by atomic mass is 19.1. The van der Waals surface area contributed by atoms with E-state index in [0.717, 1.165) is 18.6 Å². The quantitative estimate of drug-likeness (QED) is 0.857. The molecule has 24 heavy (non-hydrogen) atoms.